The van der Waals surface area contributed by atoms with E-state index >= 15 is 0 Å². The van der Waals surface area contributed by atoms with Crippen LogP contribution in [0.2, 0.25) is 0 Å². The number of aliphatic hydroxyl groups is 1. The lowest BCUT2D eigenvalue weighted by Crippen LogP contribution is -2.52. The first kappa shape index (κ1) is 21.9. The van der Waals surface area contributed by atoms with Crippen LogP contribution in [0.15, 0.2) is 0 Å². The minimum Gasteiger partial charge on any atom is -0.396 e. The van der Waals surface area contributed by atoms with E-state index in [9.17, 15) is 9.59 Å². The average Bonchev–Trinajstić information content (AvgIpc) is 2.46. The number of amides is 2. The van der Waals surface area contributed by atoms with Gasteiger partial charge in [0.2, 0.25) is 11.8 Å². The number of unbranched alkanes of at least 4 members (excludes halogenated alkanes) is 1. The molecule has 5 heteroatoms. The van der Waals surface area contributed by atoms with Gasteiger partial charge in [-0.2, -0.15) is 0 Å². The molecule has 5 nitrogen and oxygen atoms in total. The van der Waals surface area contributed by atoms with Crippen LogP contribution in [0.4, 0.5) is 0 Å². The van der Waals surface area contributed by atoms with Crippen LogP contribution in [0.3, 0.4) is 0 Å². The Morgan fingerprint density at radius 2 is 1.43 bits per heavy atom. The van der Waals surface area contributed by atoms with E-state index < -0.39 is 6.04 Å². The zero-order chi connectivity index (χ0) is 18.0. The molecule has 0 spiro atoms. The molecule has 0 aliphatic carbocycles. The van der Waals surface area contributed by atoms with Crippen molar-refractivity contribution in [3.05, 3.63) is 0 Å². The Kier molecular flexibility index (Phi) is 10.9. The highest BCUT2D eigenvalue weighted by Gasteiger charge is 2.26. The normalized spacial score (nSPS) is 15.3. The molecule has 3 atom stereocenters. The smallest absolute Gasteiger partial charge is 0.243 e. The molecule has 0 fully saturated rings. The highest BCUT2D eigenvalue weighted by atomic mass is 16.3. The molecule has 0 heterocycles. The maximum absolute atomic E-state index is 12.3. The monoisotopic (exact) mass is 328 g/mol. The largest absolute Gasteiger partial charge is 0.396 e. The van der Waals surface area contributed by atoms with E-state index in [4.69, 9.17) is 5.11 Å². The molecule has 0 saturated heterocycles. The third kappa shape index (κ3) is 9.59. The van der Waals surface area contributed by atoms with Crippen LogP contribution < -0.4 is 10.6 Å². The molecular formula is C18H36N2O3. The number of hydrogen-bond acceptors (Lipinski definition) is 3. The van der Waals surface area contributed by atoms with Gasteiger partial charge in [0.25, 0.3) is 0 Å². The highest BCUT2D eigenvalue weighted by molar-refractivity contribution is 5.88. The van der Waals surface area contributed by atoms with Crippen molar-refractivity contribution in [2.45, 2.75) is 79.3 Å². The number of aliphatic hydroxyl groups excluding tert-OH is 1. The zero-order valence-electron chi connectivity index (χ0n) is 15.7. The summed E-state index contributed by atoms with van der Waals surface area (Å²) in [7, 11) is 0. The number of hydrogen-bond donors (Lipinski definition) is 3. The molecule has 3 N–H and O–H groups in total. The van der Waals surface area contributed by atoms with E-state index in [2.05, 4.69) is 10.6 Å². The van der Waals surface area contributed by atoms with Crippen molar-refractivity contribution in [2.24, 2.45) is 17.8 Å². The van der Waals surface area contributed by atoms with Crippen LogP contribution in [-0.2, 0) is 9.59 Å². The Bertz CT molecular complexity index is 356. The second kappa shape index (κ2) is 11.4. The molecule has 0 saturated carbocycles. The molecule has 0 aromatic carbocycles. The average molecular weight is 328 g/mol. The second-order valence-corrected chi connectivity index (χ2v) is 7.37. The minimum atomic E-state index is -0.484. The molecule has 3 unspecified atom stereocenters. The first-order chi connectivity index (χ1) is 10.7. The SMILES string of the molecule is CC(CO)CCCCC(C)C(=O)NC(C(=O)NC(C)C)C(C)C. The fourth-order valence-corrected chi connectivity index (χ4v) is 2.37. The fourth-order valence-electron chi connectivity index (χ4n) is 2.37. The molecule has 2 amide bonds. The molecule has 0 aromatic rings. The van der Waals surface area contributed by atoms with Gasteiger partial charge in [-0.3, -0.25) is 9.59 Å². The van der Waals surface area contributed by atoms with Crippen molar-refractivity contribution in [3.63, 3.8) is 0 Å². The Hall–Kier alpha value is -1.10. The number of rotatable bonds is 11. The Morgan fingerprint density at radius 3 is 1.91 bits per heavy atom. The van der Waals surface area contributed by atoms with E-state index in [1.165, 1.54) is 0 Å². The van der Waals surface area contributed by atoms with E-state index in [-0.39, 0.29) is 36.3 Å². The van der Waals surface area contributed by atoms with E-state index in [1.54, 1.807) is 0 Å². The van der Waals surface area contributed by atoms with Crippen LogP contribution in [0.1, 0.15) is 67.2 Å². The van der Waals surface area contributed by atoms with Gasteiger partial charge in [-0.1, -0.05) is 40.5 Å². The third-order valence-electron chi connectivity index (χ3n) is 4.02. The van der Waals surface area contributed by atoms with Gasteiger partial charge in [-0.25, -0.2) is 0 Å². The molecule has 0 bridgehead atoms. The number of carbonyl (C=O) groups is 2. The molecule has 23 heavy (non-hydrogen) atoms. The molecule has 0 rings (SSSR count). The van der Waals surface area contributed by atoms with Gasteiger partial charge in [0.05, 0.1) is 0 Å². The summed E-state index contributed by atoms with van der Waals surface area (Å²) in [5, 5.41) is 14.7. The molecular weight excluding hydrogens is 292 g/mol. The van der Waals surface area contributed by atoms with Crippen molar-refractivity contribution in [1.29, 1.82) is 0 Å². The van der Waals surface area contributed by atoms with Gasteiger partial charge in [0.1, 0.15) is 6.04 Å². The van der Waals surface area contributed by atoms with Crippen molar-refractivity contribution in [2.75, 3.05) is 6.61 Å². The van der Waals surface area contributed by atoms with Gasteiger partial charge >= 0.3 is 0 Å². The third-order valence-corrected chi connectivity index (χ3v) is 4.02. The topological polar surface area (TPSA) is 78.4 Å². The van der Waals surface area contributed by atoms with Crippen LogP contribution in [-0.4, -0.2) is 35.6 Å². The van der Waals surface area contributed by atoms with Gasteiger partial charge in [-0.15, -0.1) is 0 Å². The summed E-state index contributed by atoms with van der Waals surface area (Å²) in [6, 6.07) is -0.423. The molecule has 0 aromatic heterocycles. The first-order valence-corrected chi connectivity index (χ1v) is 8.90. The summed E-state index contributed by atoms with van der Waals surface area (Å²) in [5.41, 5.74) is 0. The van der Waals surface area contributed by atoms with Gasteiger partial charge in [0.15, 0.2) is 0 Å². The molecule has 0 aliphatic rings. The van der Waals surface area contributed by atoms with Crippen LogP contribution in [0, 0.1) is 17.8 Å². The van der Waals surface area contributed by atoms with Gasteiger partial charge < -0.3 is 15.7 Å². The van der Waals surface area contributed by atoms with Crippen molar-refractivity contribution >= 4 is 11.8 Å². The lowest BCUT2D eigenvalue weighted by atomic mass is 9.97. The zero-order valence-corrected chi connectivity index (χ0v) is 15.7. The van der Waals surface area contributed by atoms with Crippen molar-refractivity contribution in [3.8, 4) is 0 Å². The maximum Gasteiger partial charge on any atom is 0.243 e. The van der Waals surface area contributed by atoms with Crippen LogP contribution in [0.25, 0.3) is 0 Å². The Balaban J connectivity index is 4.32. The minimum absolute atomic E-state index is 0.0512. The standard InChI is InChI=1S/C18H36N2O3/c1-12(2)16(18(23)19-13(3)4)20-17(22)15(6)10-8-7-9-14(5)11-21/h12-16,21H,7-11H2,1-6H3,(H,19,23)(H,20,22). The predicted molar refractivity (Wildman–Crippen MR) is 93.9 cm³/mol. The summed E-state index contributed by atoms with van der Waals surface area (Å²) in [4.78, 5) is 24.5. The molecule has 0 radical (unpaired) electrons. The number of nitrogens with one attached hydrogen (secondary N) is 2. The second-order valence-electron chi connectivity index (χ2n) is 7.37. The summed E-state index contributed by atoms with van der Waals surface area (Å²) >= 11 is 0. The van der Waals surface area contributed by atoms with Gasteiger partial charge in [-0.05, 0) is 38.5 Å². The quantitative estimate of drug-likeness (QED) is 0.510. The van der Waals surface area contributed by atoms with Crippen molar-refractivity contribution in [1.82, 2.24) is 10.6 Å². The van der Waals surface area contributed by atoms with Gasteiger partial charge in [0, 0.05) is 18.6 Å². The highest BCUT2D eigenvalue weighted by Crippen LogP contribution is 2.14. The lowest BCUT2D eigenvalue weighted by Gasteiger charge is -2.24. The van der Waals surface area contributed by atoms with Crippen LogP contribution in [0.5, 0.6) is 0 Å². The maximum atomic E-state index is 12.3. The Labute approximate surface area is 141 Å². The van der Waals surface area contributed by atoms with Crippen LogP contribution >= 0.6 is 0 Å². The fraction of sp³-hybridized carbons (Fsp3) is 0.889. The summed E-state index contributed by atoms with van der Waals surface area (Å²) in [6.45, 7) is 11.8. The van der Waals surface area contributed by atoms with E-state index in [1.807, 2.05) is 41.5 Å². The molecule has 0 aliphatic heterocycles. The summed E-state index contributed by atoms with van der Waals surface area (Å²) < 4.78 is 0. The summed E-state index contributed by atoms with van der Waals surface area (Å²) in [6.07, 6.45) is 3.76. The molecule has 136 valence electrons. The van der Waals surface area contributed by atoms with E-state index in [0.29, 0.717) is 5.92 Å². The lowest BCUT2D eigenvalue weighted by molar-refractivity contribution is -0.132. The number of carbonyl (C=O) groups excluding carboxylic acids is 2. The summed E-state index contributed by atoms with van der Waals surface area (Å²) in [5.74, 6) is 0.0946. The van der Waals surface area contributed by atoms with E-state index in [0.717, 1.165) is 25.7 Å². The Morgan fingerprint density at radius 1 is 0.870 bits per heavy atom. The first-order valence-electron chi connectivity index (χ1n) is 8.90. The van der Waals surface area contributed by atoms with Crippen molar-refractivity contribution < 1.29 is 14.7 Å². The predicted octanol–water partition coefficient (Wildman–Crippen LogP) is 2.48.